The van der Waals surface area contributed by atoms with Crippen LogP contribution in [0.15, 0.2) is 40.1 Å². The maximum Gasteiger partial charge on any atom is 0.339 e. The van der Waals surface area contributed by atoms with Crippen molar-refractivity contribution >= 4 is 34.7 Å². The molecule has 0 aliphatic heterocycles. The molecule has 0 fully saturated rings. The minimum absolute atomic E-state index is 0.00869. The highest BCUT2D eigenvalue weighted by Crippen LogP contribution is 2.31. The molecule has 0 amide bonds. The molecule has 0 aromatic heterocycles. The fraction of sp³-hybridized carbons (Fsp3) is 0.125. The van der Waals surface area contributed by atoms with Gasteiger partial charge in [-0.1, -0.05) is 6.07 Å². The normalized spacial score (nSPS) is 11.2. The summed E-state index contributed by atoms with van der Waals surface area (Å²) in [4.78, 5) is 22.1. The summed E-state index contributed by atoms with van der Waals surface area (Å²) in [6.45, 7) is 3.58. The summed E-state index contributed by atoms with van der Waals surface area (Å²) in [6.07, 6.45) is 0. The highest BCUT2D eigenvalue weighted by Gasteiger charge is 2.24. The third-order valence-corrected chi connectivity index (χ3v) is 5.39. The molecule has 2 N–H and O–H groups in total. The summed E-state index contributed by atoms with van der Waals surface area (Å²) in [5.74, 6) is -3.05. The molecule has 0 saturated heterocycles. The number of carboxylic acid groups (broad SMARTS) is 2. The first-order valence-corrected chi connectivity index (χ1v) is 8.74. The summed E-state index contributed by atoms with van der Waals surface area (Å²) in [5.41, 5.74) is 0.466. The molecular weight excluding hydrogens is 368 g/mol. The Hall–Kier alpha value is -2.52. The van der Waals surface area contributed by atoms with E-state index in [1.165, 1.54) is 6.07 Å². The van der Waals surface area contributed by atoms with Crippen molar-refractivity contribution in [1.29, 1.82) is 0 Å². The summed E-state index contributed by atoms with van der Waals surface area (Å²) < 4.78 is 29.9. The van der Waals surface area contributed by atoms with Crippen LogP contribution in [0, 0.1) is 13.8 Å². The number of rotatable bonds is 5. The Balaban J connectivity index is 2.51. The van der Waals surface area contributed by atoms with E-state index >= 15 is 0 Å². The van der Waals surface area contributed by atoms with Crippen molar-refractivity contribution in [2.75, 3.05) is 0 Å². The lowest BCUT2D eigenvalue weighted by molar-refractivity contribution is 0.0651. The van der Waals surface area contributed by atoms with Gasteiger partial charge in [0.05, 0.1) is 16.0 Å². The molecule has 9 heteroatoms. The van der Waals surface area contributed by atoms with E-state index in [2.05, 4.69) is 12.6 Å². The quantitative estimate of drug-likeness (QED) is 0.537. The van der Waals surface area contributed by atoms with Crippen LogP contribution >= 0.6 is 12.6 Å². The van der Waals surface area contributed by atoms with Gasteiger partial charge in [0.25, 0.3) is 0 Å². The van der Waals surface area contributed by atoms with Crippen molar-refractivity contribution in [3.63, 3.8) is 0 Å². The van der Waals surface area contributed by atoms with E-state index in [1.807, 2.05) is 6.92 Å². The van der Waals surface area contributed by atoms with Gasteiger partial charge in [0.15, 0.2) is 5.75 Å². The molecule has 0 saturated carbocycles. The van der Waals surface area contributed by atoms with E-state index in [9.17, 15) is 18.0 Å². The predicted molar refractivity (Wildman–Crippen MR) is 91.3 cm³/mol. The topological polar surface area (TPSA) is 118 Å². The molecule has 0 aliphatic carbocycles. The van der Waals surface area contributed by atoms with Gasteiger partial charge in [0.1, 0.15) is 4.90 Å². The Kier molecular flexibility index (Phi) is 5.09. The number of aryl methyl sites for hydroxylation is 1. The number of carboxylic acids is 2. The third kappa shape index (κ3) is 3.77. The summed E-state index contributed by atoms with van der Waals surface area (Å²) in [6, 6.07) is 5.73. The average molecular weight is 382 g/mol. The third-order valence-electron chi connectivity index (χ3n) is 3.60. The maximum atomic E-state index is 12.4. The molecule has 0 unspecified atom stereocenters. The van der Waals surface area contributed by atoms with Crippen LogP contribution in [0.25, 0.3) is 0 Å². The minimum atomic E-state index is -4.37. The van der Waals surface area contributed by atoms with Gasteiger partial charge in [-0.05, 0) is 49.2 Å². The molecule has 0 aliphatic rings. The van der Waals surface area contributed by atoms with Crippen LogP contribution in [0.4, 0.5) is 0 Å². The molecule has 132 valence electrons. The van der Waals surface area contributed by atoms with Crippen molar-refractivity contribution in [3.05, 3.63) is 52.6 Å². The Morgan fingerprint density at radius 3 is 2.16 bits per heavy atom. The van der Waals surface area contributed by atoms with Crippen LogP contribution in [0.2, 0.25) is 0 Å². The van der Waals surface area contributed by atoms with E-state index in [1.54, 1.807) is 13.0 Å². The molecule has 0 spiro atoms. The Bertz CT molecular complexity index is 978. The second-order valence-electron chi connectivity index (χ2n) is 5.21. The highest BCUT2D eigenvalue weighted by molar-refractivity contribution is 7.87. The van der Waals surface area contributed by atoms with Gasteiger partial charge >= 0.3 is 22.1 Å². The molecule has 7 nitrogen and oxygen atoms in total. The molecule has 0 radical (unpaired) electrons. The van der Waals surface area contributed by atoms with Crippen molar-refractivity contribution in [3.8, 4) is 5.75 Å². The Morgan fingerprint density at radius 2 is 1.60 bits per heavy atom. The molecule has 0 atom stereocenters. The van der Waals surface area contributed by atoms with Gasteiger partial charge in [0.2, 0.25) is 0 Å². The second-order valence-corrected chi connectivity index (χ2v) is 7.20. The molecule has 2 rings (SSSR count). The number of aromatic carboxylic acids is 2. The number of benzene rings is 2. The van der Waals surface area contributed by atoms with E-state index in [4.69, 9.17) is 14.4 Å². The van der Waals surface area contributed by atoms with E-state index in [0.717, 1.165) is 29.3 Å². The summed E-state index contributed by atoms with van der Waals surface area (Å²) in [7, 11) is -4.37. The lowest BCUT2D eigenvalue weighted by Gasteiger charge is -2.12. The zero-order valence-electron chi connectivity index (χ0n) is 13.2. The molecule has 0 heterocycles. The van der Waals surface area contributed by atoms with Gasteiger partial charge in [-0.15, -0.1) is 12.6 Å². The predicted octanol–water partition coefficient (Wildman–Crippen LogP) is 2.76. The molecule has 2 aromatic rings. The number of carbonyl (C=O) groups is 2. The van der Waals surface area contributed by atoms with E-state index in [-0.39, 0.29) is 5.75 Å². The monoisotopic (exact) mass is 382 g/mol. The second kappa shape index (κ2) is 6.77. The Labute approximate surface area is 149 Å². The van der Waals surface area contributed by atoms with Crippen LogP contribution < -0.4 is 4.18 Å². The summed E-state index contributed by atoms with van der Waals surface area (Å²) >= 11 is 4.24. The first kappa shape index (κ1) is 18.8. The van der Waals surface area contributed by atoms with Gasteiger partial charge in [-0.25, -0.2) is 9.59 Å². The molecule has 25 heavy (non-hydrogen) atoms. The minimum Gasteiger partial charge on any atom is -0.478 e. The Morgan fingerprint density at radius 1 is 1.00 bits per heavy atom. The van der Waals surface area contributed by atoms with Gasteiger partial charge in [-0.2, -0.15) is 8.42 Å². The van der Waals surface area contributed by atoms with Gasteiger partial charge in [0, 0.05) is 0 Å². The van der Waals surface area contributed by atoms with Crippen molar-refractivity contribution < 1.29 is 32.4 Å². The smallest absolute Gasteiger partial charge is 0.339 e. The van der Waals surface area contributed by atoms with Crippen LogP contribution in [0.1, 0.15) is 31.8 Å². The van der Waals surface area contributed by atoms with Crippen LogP contribution in [0.5, 0.6) is 5.75 Å². The lowest BCUT2D eigenvalue weighted by Crippen LogP contribution is -2.14. The number of hydrogen-bond acceptors (Lipinski definition) is 6. The van der Waals surface area contributed by atoms with E-state index in [0.29, 0.717) is 4.90 Å². The van der Waals surface area contributed by atoms with Gasteiger partial charge < -0.3 is 14.4 Å². The van der Waals surface area contributed by atoms with Gasteiger partial charge in [-0.3, -0.25) is 0 Å². The van der Waals surface area contributed by atoms with Crippen LogP contribution in [-0.2, 0) is 10.1 Å². The van der Waals surface area contributed by atoms with Crippen molar-refractivity contribution in [2.45, 2.75) is 23.6 Å². The largest absolute Gasteiger partial charge is 0.478 e. The SMILES string of the molecule is Cc1ccc(OS(=O)(=O)c2ccc(C(=O)O)c(C(=O)O)c2)c(S)c1C. The lowest BCUT2D eigenvalue weighted by atomic mass is 10.1. The molecule has 2 aromatic carbocycles. The fourth-order valence-corrected chi connectivity index (χ4v) is 3.38. The number of hydrogen-bond donors (Lipinski definition) is 3. The first-order valence-electron chi connectivity index (χ1n) is 6.89. The maximum absolute atomic E-state index is 12.4. The fourth-order valence-electron chi connectivity index (χ4n) is 2.05. The zero-order valence-corrected chi connectivity index (χ0v) is 14.9. The molecule has 0 bridgehead atoms. The molecular formula is C16H14O7S2. The first-order chi connectivity index (χ1) is 11.5. The summed E-state index contributed by atoms with van der Waals surface area (Å²) in [5, 5.41) is 18.1. The zero-order chi connectivity index (χ0) is 18.9. The number of thiol groups is 1. The highest BCUT2D eigenvalue weighted by atomic mass is 32.2. The standard InChI is InChI=1S/C16H14O7S2/c1-8-3-6-13(14(24)9(8)2)23-25(21,22)10-4-5-11(15(17)18)12(7-10)16(19)20/h3-7,24H,1-2H3,(H,17,18)(H,19,20). The van der Waals surface area contributed by atoms with Crippen LogP contribution in [0.3, 0.4) is 0 Å². The average Bonchev–Trinajstić information content (AvgIpc) is 2.54. The van der Waals surface area contributed by atoms with E-state index < -0.39 is 38.1 Å². The van der Waals surface area contributed by atoms with Crippen molar-refractivity contribution in [1.82, 2.24) is 0 Å². The van der Waals surface area contributed by atoms with Crippen LogP contribution in [-0.4, -0.2) is 30.6 Å². The van der Waals surface area contributed by atoms with Crippen molar-refractivity contribution in [2.24, 2.45) is 0 Å².